The van der Waals surface area contributed by atoms with Gasteiger partial charge in [-0.05, 0) is 141 Å². The van der Waals surface area contributed by atoms with Gasteiger partial charge in [0.15, 0.2) is 17.5 Å². The SMILES string of the molecule is Cc1cc(O)c2c(c1)C(=O)c1c(c3cc4c(nccc14)NC[C@H](O)[C@]14CC[C@H]5C#CC[C@H]6CCCC[C@@]6(c6cnc[nH]6)c6cc(c([nH]6)C6=C[C@@]7(O3)O[C@@]3(C6=C1C[C@]1(CCC6(CCCC6)C1)[C@@H]3O)[C@@H](O)[C@H](O)[C@H]7O)[C@@H]54)C2=O. The van der Waals surface area contributed by atoms with Crippen LogP contribution in [0.4, 0.5) is 5.82 Å². The number of nitrogens with zero attached hydrogens (tertiary/aromatic N) is 2. The molecule has 5 fully saturated rings. The maximum absolute atomic E-state index is 15.3. The van der Waals surface area contributed by atoms with Gasteiger partial charge in [0, 0.05) is 87.2 Å². The zero-order chi connectivity index (χ0) is 51.6. The lowest BCUT2D eigenvalue weighted by Gasteiger charge is -2.64. The van der Waals surface area contributed by atoms with Crippen molar-refractivity contribution in [2.24, 2.45) is 28.1 Å². The van der Waals surface area contributed by atoms with E-state index < -0.39 is 75.6 Å². The summed E-state index contributed by atoms with van der Waals surface area (Å²) < 4.78 is 14.9. The van der Waals surface area contributed by atoms with E-state index in [1.165, 1.54) is 6.07 Å². The summed E-state index contributed by atoms with van der Waals surface area (Å²) in [6, 6.07) is 8.50. The number of phenols is 1. The normalized spacial score (nSPS) is 38.7. The van der Waals surface area contributed by atoms with Crippen molar-refractivity contribution in [3.8, 4) is 23.3 Å². The maximum atomic E-state index is 15.3. The molecule has 7 heterocycles. The molecule has 13 atom stereocenters. The van der Waals surface area contributed by atoms with Gasteiger partial charge >= 0.3 is 0 Å². The van der Waals surface area contributed by atoms with Gasteiger partial charge in [-0.25, -0.2) is 9.97 Å². The van der Waals surface area contributed by atoms with Crippen LogP contribution in [0.15, 0.2) is 66.3 Å². The van der Waals surface area contributed by atoms with E-state index in [1.807, 2.05) is 6.20 Å². The Kier molecular flexibility index (Phi) is 9.16. The van der Waals surface area contributed by atoms with Crippen LogP contribution < -0.4 is 10.1 Å². The van der Waals surface area contributed by atoms with Crippen molar-refractivity contribution in [1.29, 1.82) is 0 Å². The first-order valence-corrected chi connectivity index (χ1v) is 27.8. The molecular formula is C61H61N5O10. The minimum Gasteiger partial charge on any atom is -0.507 e. The number of imidazole rings is 1. The molecule has 17 rings (SSSR count). The smallest absolute Gasteiger partial charge is 0.261 e. The molecule has 8 aliphatic carbocycles. The highest BCUT2D eigenvalue weighted by molar-refractivity contribution is 6.34. The number of anilines is 1. The molecule has 4 saturated carbocycles. The van der Waals surface area contributed by atoms with E-state index in [0.29, 0.717) is 77.5 Å². The number of ether oxygens (including phenoxy) is 2. The van der Waals surface area contributed by atoms with Crippen molar-refractivity contribution in [1.82, 2.24) is 19.9 Å². The summed E-state index contributed by atoms with van der Waals surface area (Å²) >= 11 is 0. The van der Waals surface area contributed by atoms with E-state index in [0.717, 1.165) is 80.3 Å². The average molecular weight is 1020 g/mol. The van der Waals surface area contributed by atoms with Gasteiger partial charge in [-0.3, -0.25) is 9.59 Å². The van der Waals surface area contributed by atoms with Gasteiger partial charge in [-0.1, -0.05) is 37.2 Å². The quantitative estimate of drug-likeness (QED) is 0.0751. The highest BCUT2D eigenvalue weighted by Crippen LogP contribution is 2.74. The predicted octanol–water partition coefficient (Wildman–Crippen LogP) is 7.05. The maximum Gasteiger partial charge on any atom is 0.261 e. The number of aliphatic hydroxyl groups is 5. The Morgan fingerprint density at radius 2 is 1.70 bits per heavy atom. The summed E-state index contributed by atoms with van der Waals surface area (Å²) in [5.74, 6) is 3.02. The first-order valence-electron chi connectivity index (χ1n) is 27.8. The highest BCUT2D eigenvalue weighted by Gasteiger charge is 2.76. The van der Waals surface area contributed by atoms with Crippen LogP contribution in [0.3, 0.4) is 0 Å². The largest absolute Gasteiger partial charge is 0.507 e. The summed E-state index contributed by atoms with van der Waals surface area (Å²) in [6.07, 6.45) is 10.4. The number of aromatic amines is 2. The van der Waals surface area contributed by atoms with Crippen LogP contribution in [0, 0.1) is 46.8 Å². The molecule has 15 nitrogen and oxygen atoms in total. The fraction of sp³-hybridized carbons (Fsp3) is 0.508. The number of benzene rings is 2. The zero-order valence-electron chi connectivity index (χ0n) is 42.3. The number of carbonyl (C=O) groups is 2. The number of fused-ring (bicyclic) bond motifs is 8. The number of ketones is 2. The lowest BCUT2D eigenvalue weighted by molar-refractivity contribution is -0.366. The number of phenolic OH excluding ortho intramolecular Hbond substituents is 1. The number of aryl methyl sites for hydroxylation is 1. The molecule has 10 bridgehead atoms. The number of aromatic nitrogens is 4. The van der Waals surface area contributed by atoms with Crippen LogP contribution in [0.2, 0.25) is 0 Å². The third kappa shape index (κ3) is 5.41. The topological polar surface area (TPSA) is 243 Å². The second-order valence-corrected chi connectivity index (χ2v) is 25.1. The van der Waals surface area contributed by atoms with Crippen LogP contribution >= 0.6 is 0 Å². The summed E-state index contributed by atoms with van der Waals surface area (Å²) in [4.78, 5) is 47.5. The molecule has 76 heavy (non-hydrogen) atoms. The van der Waals surface area contributed by atoms with E-state index in [2.05, 4.69) is 38.2 Å². The highest BCUT2D eigenvalue weighted by atomic mass is 16.7. The number of hydrogen-bond acceptors (Lipinski definition) is 13. The van der Waals surface area contributed by atoms with Crippen LogP contribution in [-0.4, -0.2) is 111 Å². The molecule has 15 heteroatoms. The van der Waals surface area contributed by atoms with Gasteiger partial charge in [0.25, 0.3) is 5.79 Å². The number of H-pyrrole nitrogens is 2. The minimum absolute atomic E-state index is 0.0118. The first kappa shape index (κ1) is 46.0. The van der Waals surface area contributed by atoms with Crippen molar-refractivity contribution < 1.29 is 49.7 Å². The molecule has 0 unspecified atom stereocenters. The molecule has 0 radical (unpaired) electrons. The lowest BCUT2D eigenvalue weighted by atomic mass is 9.50. The number of hydrogen-bond donors (Lipinski definition) is 9. The summed E-state index contributed by atoms with van der Waals surface area (Å²) in [5.41, 5.74) is 0.551. The Balaban J connectivity index is 1.04. The second kappa shape index (κ2) is 15.1. The minimum atomic E-state index is -2.47. The van der Waals surface area contributed by atoms with Gasteiger partial charge in [-0.2, -0.15) is 0 Å². The van der Waals surface area contributed by atoms with Crippen LogP contribution in [0.5, 0.6) is 11.5 Å². The fourth-order valence-corrected chi connectivity index (χ4v) is 18.6. The van der Waals surface area contributed by atoms with Crippen molar-refractivity contribution in [2.45, 2.75) is 156 Å². The Bertz CT molecular complexity index is 3580. The van der Waals surface area contributed by atoms with E-state index in [1.54, 1.807) is 43.7 Å². The third-order valence-electron chi connectivity index (χ3n) is 21.7. The van der Waals surface area contributed by atoms with Gasteiger partial charge in [0.2, 0.25) is 5.78 Å². The standard InChI is InChI=1S/C61H61N5O10/c1-29-19-34-43(38(67)20-29)50(70)45-39-21-33-32(44(45)49(34)69)11-18-63-54(33)64-26-42(68)59-15-10-30-7-6-9-31-8-2-3-14-58(31,41-25-62-28-65-41)40-22-35(46(30)59)48(66-40)36-23-60(75-39)52(72)51(71)53(73)61(76-60)47(36)37(59)24-57(55(61)74)17-16-56(27-57)12-4-5-13-56/h11,18-23,25,28,30-31,42,46,51-53,55,66-68,71-74H,2-5,8-10,12-17,24,26-27H2,1H3,(H,62,65)(H,63,64)/t30-,31-,42+,46-,51-,52-,53+,55+,57+,58+,59+,60-,61+/m1/s1. The van der Waals surface area contributed by atoms with Gasteiger partial charge in [0.05, 0.1) is 35.1 Å². The summed E-state index contributed by atoms with van der Waals surface area (Å²) in [6.45, 7) is 1.70. The van der Waals surface area contributed by atoms with Crippen LogP contribution in [0.25, 0.3) is 16.3 Å². The Morgan fingerprint density at radius 1 is 0.855 bits per heavy atom. The van der Waals surface area contributed by atoms with Gasteiger partial charge in [-0.15, -0.1) is 5.92 Å². The lowest BCUT2D eigenvalue weighted by Crippen LogP contribution is -2.79. The van der Waals surface area contributed by atoms with E-state index in [4.69, 9.17) is 14.5 Å². The Hall–Kier alpha value is -6.12. The molecule has 5 spiro atoms. The molecule has 0 amide bonds. The van der Waals surface area contributed by atoms with Crippen LogP contribution in [0.1, 0.15) is 162 Å². The third-order valence-corrected chi connectivity index (χ3v) is 21.7. The Morgan fingerprint density at radius 3 is 2.53 bits per heavy atom. The molecule has 1 saturated heterocycles. The second-order valence-electron chi connectivity index (χ2n) is 25.1. The zero-order valence-corrected chi connectivity index (χ0v) is 42.3. The van der Waals surface area contributed by atoms with E-state index in [-0.39, 0.29) is 57.5 Å². The number of aliphatic hydroxyl groups excluding tert-OH is 5. The van der Waals surface area contributed by atoms with Gasteiger partial charge in [0.1, 0.15) is 29.5 Å². The molecule has 9 N–H and O–H groups in total. The molecule has 390 valence electrons. The molecular weight excluding hydrogens is 963 g/mol. The molecule has 12 aliphatic rings. The molecule has 5 aromatic rings. The van der Waals surface area contributed by atoms with Crippen LogP contribution in [-0.2, 0) is 10.2 Å². The van der Waals surface area contributed by atoms with E-state index in [9.17, 15) is 30.6 Å². The average Bonchev–Trinajstić information content (AvgIpc) is 4.30. The summed E-state index contributed by atoms with van der Waals surface area (Å²) in [7, 11) is 0. The first-order chi connectivity index (χ1) is 36.7. The van der Waals surface area contributed by atoms with Crippen molar-refractivity contribution in [2.75, 3.05) is 11.9 Å². The monoisotopic (exact) mass is 1020 g/mol. The molecule has 2 aromatic carbocycles. The van der Waals surface area contributed by atoms with E-state index >= 15 is 9.59 Å². The van der Waals surface area contributed by atoms with Gasteiger partial charge < -0.3 is 55.4 Å². The number of carbonyl (C=O) groups excluding carboxylic acids is 2. The number of nitrogens with one attached hydrogen (secondary N) is 3. The molecule has 4 aliphatic heterocycles. The van der Waals surface area contributed by atoms with Crippen molar-refractivity contribution >= 4 is 33.7 Å². The number of aromatic hydroxyl groups is 1. The Labute approximate surface area is 438 Å². The summed E-state index contributed by atoms with van der Waals surface area (Å²) in [5, 5.41) is 82.9. The van der Waals surface area contributed by atoms with Crippen molar-refractivity contribution in [3.05, 3.63) is 117 Å². The number of rotatable bonds is 1. The molecule has 3 aromatic heterocycles. The predicted molar refractivity (Wildman–Crippen MR) is 276 cm³/mol. The number of pyridine rings is 1. The van der Waals surface area contributed by atoms with Crippen molar-refractivity contribution in [3.63, 3.8) is 0 Å². The fourth-order valence-electron chi connectivity index (χ4n) is 18.6.